The smallest absolute Gasteiger partial charge is 0.248 e. The van der Waals surface area contributed by atoms with E-state index < -0.39 is 0 Å². The van der Waals surface area contributed by atoms with Crippen molar-refractivity contribution in [3.05, 3.63) is 24.3 Å². The molecule has 2 fully saturated rings. The van der Waals surface area contributed by atoms with Crippen molar-refractivity contribution in [2.75, 3.05) is 18.2 Å². The Kier molecular flexibility index (Phi) is 3.57. The molecule has 1 aromatic rings. The number of anilines is 1. The van der Waals surface area contributed by atoms with E-state index in [9.17, 15) is 9.59 Å². The van der Waals surface area contributed by atoms with Crippen LogP contribution in [0, 0.1) is 0 Å². The van der Waals surface area contributed by atoms with Crippen molar-refractivity contribution >= 4 is 29.3 Å². The first kappa shape index (κ1) is 14.3. The van der Waals surface area contributed by atoms with Crippen LogP contribution in [0.1, 0.15) is 19.8 Å². The average Bonchev–Trinajstić information content (AvgIpc) is 2.96. The van der Waals surface area contributed by atoms with Crippen LogP contribution in [-0.4, -0.2) is 40.5 Å². The molecule has 2 amide bonds. The van der Waals surface area contributed by atoms with Gasteiger partial charge in [0.25, 0.3) is 0 Å². The molecule has 1 N–H and O–H groups in total. The van der Waals surface area contributed by atoms with Crippen LogP contribution >= 0.6 is 11.8 Å². The predicted molar refractivity (Wildman–Crippen MR) is 82.4 cm³/mol. The van der Waals surface area contributed by atoms with Crippen molar-refractivity contribution < 1.29 is 14.3 Å². The van der Waals surface area contributed by atoms with Gasteiger partial charge in [0.2, 0.25) is 11.8 Å². The number of carbonyl (C=O) groups is 2. The van der Waals surface area contributed by atoms with Gasteiger partial charge in [-0.1, -0.05) is 6.07 Å². The van der Waals surface area contributed by atoms with Crippen molar-refractivity contribution in [1.29, 1.82) is 0 Å². The molecule has 0 bridgehead atoms. The lowest BCUT2D eigenvalue weighted by Gasteiger charge is -2.29. The Bertz CT molecular complexity index is 592. The number of benzene rings is 1. The SMILES string of the molecule is COc1cccc(NC(=O)[C@@H]2CS[C@@]3(C)CCC(=O)N23)c1. The molecule has 5 nitrogen and oxygen atoms in total. The molecule has 2 aliphatic heterocycles. The van der Waals surface area contributed by atoms with Crippen LogP contribution in [0.3, 0.4) is 0 Å². The van der Waals surface area contributed by atoms with E-state index in [1.165, 1.54) is 0 Å². The number of nitrogens with zero attached hydrogens (tertiary/aromatic N) is 1. The van der Waals surface area contributed by atoms with Crippen LogP contribution < -0.4 is 10.1 Å². The molecule has 1 aromatic carbocycles. The van der Waals surface area contributed by atoms with Gasteiger partial charge >= 0.3 is 0 Å². The van der Waals surface area contributed by atoms with Crippen LogP contribution in [0.4, 0.5) is 5.69 Å². The molecule has 0 unspecified atom stereocenters. The maximum Gasteiger partial charge on any atom is 0.248 e. The van der Waals surface area contributed by atoms with Crippen LogP contribution in [0.15, 0.2) is 24.3 Å². The summed E-state index contributed by atoms with van der Waals surface area (Å²) in [5.74, 6) is 1.29. The maximum atomic E-state index is 12.5. The highest BCUT2D eigenvalue weighted by Gasteiger charge is 2.52. The van der Waals surface area contributed by atoms with Gasteiger partial charge in [0, 0.05) is 23.9 Å². The van der Waals surface area contributed by atoms with E-state index in [1.54, 1.807) is 29.8 Å². The molecule has 0 radical (unpaired) electrons. The lowest BCUT2D eigenvalue weighted by molar-refractivity contribution is -0.135. The van der Waals surface area contributed by atoms with Crippen LogP contribution in [0.2, 0.25) is 0 Å². The fourth-order valence-corrected chi connectivity index (χ4v) is 4.37. The molecule has 2 aliphatic rings. The van der Waals surface area contributed by atoms with Gasteiger partial charge in [0.15, 0.2) is 0 Å². The highest BCUT2D eigenvalue weighted by Crippen LogP contribution is 2.47. The summed E-state index contributed by atoms with van der Waals surface area (Å²) in [5.41, 5.74) is 0.685. The Morgan fingerprint density at radius 1 is 1.52 bits per heavy atom. The number of methoxy groups -OCH3 is 1. The van der Waals surface area contributed by atoms with E-state index >= 15 is 0 Å². The summed E-state index contributed by atoms with van der Waals surface area (Å²) >= 11 is 1.69. The number of hydrogen-bond donors (Lipinski definition) is 1. The third-order valence-corrected chi connectivity index (χ3v) is 5.59. The molecular formula is C15H18N2O3S. The summed E-state index contributed by atoms with van der Waals surface area (Å²) in [6, 6.07) is 6.84. The minimum Gasteiger partial charge on any atom is -0.497 e. The Morgan fingerprint density at radius 2 is 2.33 bits per heavy atom. The lowest BCUT2D eigenvalue weighted by Crippen LogP contribution is -2.48. The number of nitrogens with one attached hydrogen (secondary N) is 1. The maximum absolute atomic E-state index is 12.5. The first-order valence-corrected chi connectivity index (χ1v) is 7.93. The normalized spacial score (nSPS) is 27.6. The standard InChI is InChI=1S/C15H18N2O3S/c1-15-7-6-13(18)17(15)12(9-21-15)14(19)16-10-4-3-5-11(8-10)20-2/h3-5,8,12H,6-7,9H2,1-2H3,(H,16,19)/t12-,15-/m0/s1. The number of hydrogen-bond acceptors (Lipinski definition) is 4. The van der Waals surface area contributed by atoms with Gasteiger partial charge in [-0.05, 0) is 25.5 Å². The van der Waals surface area contributed by atoms with Gasteiger partial charge in [-0.2, -0.15) is 0 Å². The second-order valence-electron chi connectivity index (χ2n) is 5.49. The Labute approximate surface area is 128 Å². The molecule has 0 aromatic heterocycles. The van der Waals surface area contributed by atoms with Crippen LogP contribution in [0.5, 0.6) is 5.75 Å². The summed E-state index contributed by atoms with van der Waals surface area (Å²) in [7, 11) is 1.59. The van der Waals surface area contributed by atoms with E-state index in [1.807, 2.05) is 25.1 Å². The van der Waals surface area contributed by atoms with Crippen molar-refractivity contribution in [2.45, 2.75) is 30.7 Å². The number of amides is 2. The zero-order chi connectivity index (χ0) is 15.0. The van der Waals surface area contributed by atoms with Crippen molar-refractivity contribution in [1.82, 2.24) is 4.90 Å². The van der Waals surface area contributed by atoms with Crippen molar-refractivity contribution in [2.24, 2.45) is 0 Å². The second kappa shape index (κ2) is 5.26. The summed E-state index contributed by atoms with van der Waals surface area (Å²) in [4.78, 5) is 26.1. The highest BCUT2D eigenvalue weighted by atomic mass is 32.2. The average molecular weight is 306 g/mol. The third kappa shape index (κ3) is 2.48. The van der Waals surface area contributed by atoms with Gasteiger partial charge in [-0.15, -0.1) is 11.8 Å². The molecule has 0 aliphatic carbocycles. The summed E-state index contributed by atoms with van der Waals surface area (Å²) in [6.07, 6.45) is 1.35. The zero-order valence-corrected chi connectivity index (χ0v) is 12.9. The number of ether oxygens (including phenoxy) is 1. The minimum absolute atomic E-state index is 0.0771. The molecule has 112 valence electrons. The molecule has 3 rings (SSSR count). The molecule has 6 heteroatoms. The fraction of sp³-hybridized carbons (Fsp3) is 0.467. The Morgan fingerprint density at radius 3 is 3.10 bits per heavy atom. The van der Waals surface area contributed by atoms with E-state index in [0.29, 0.717) is 23.6 Å². The van der Waals surface area contributed by atoms with Gasteiger partial charge in [-0.25, -0.2) is 0 Å². The molecule has 2 saturated heterocycles. The Hall–Kier alpha value is -1.69. The fourth-order valence-electron chi connectivity index (χ4n) is 2.94. The minimum atomic E-state index is -0.388. The summed E-state index contributed by atoms with van der Waals surface area (Å²) < 4.78 is 5.14. The molecule has 0 spiro atoms. The van der Waals surface area contributed by atoms with Crippen molar-refractivity contribution in [3.8, 4) is 5.75 Å². The van der Waals surface area contributed by atoms with Gasteiger partial charge in [0.1, 0.15) is 11.8 Å². The van der Waals surface area contributed by atoms with Crippen LogP contribution in [-0.2, 0) is 9.59 Å². The van der Waals surface area contributed by atoms with E-state index in [-0.39, 0.29) is 22.7 Å². The highest BCUT2D eigenvalue weighted by molar-refractivity contribution is 8.01. The summed E-state index contributed by atoms with van der Waals surface area (Å²) in [6.45, 7) is 2.04. The molecule has 2 atom stereocenters. The Balaban J connectivity index is 1.75. The monoisotopic (exact) mass is 306 g/mol. The third-order valence-electron chi connectivity index (χ3n) is 4.08. The number of rotatable bonds is 3. The second-order valence-corrected chi connectivity index (χ2v) is 6.99. The molecule has 2 heterocycles. The van der Waals surface area contributed by atoms with Gasteiger partial charge in [-0.3, -0.25) is 9.59 Å². The zero-order valence-electron chi connectivity index (χ0n) is 12.1. The quantitative estimate of drug-likeness (QED) is 0.929. The largest absolute Gasteiger partial charge is 0.497 e. The van der Waals surface area contributed by atoms with Crippen LogP contribution in [0.25, 0.3) is 0 Å². The first-order chi connectivity index (χ1) is 10.0. The summed E-state index contributed by atoms with van der Waals surface area (Å²) in [5, 5.41) is 2.88. The molecular weight excluding hydrogens is 288 g/mol. The molecule has 0 saturated carbocycles. The topological polar surface area (TPSA) is 58.6 Å². The first-order valence-electron chi connectivity index (χ1n) is 6.94. The predicted octanol–water partition coefficient (Wildman–Crippen LogP) is 2.09. The van der Waals surface area contributed by atoms with E-state index in [4.69, 9.17) is 4.74 Å². The lowest BCUT2D eigenvalue weighted by atomic mass is 10.2. The van der Waals surface area contributed by atoms with E-state index in [2.05, 4.69) is 5.32 Å². The number of fused-ring (bicyclic) bond motifs is 1. The van der Waals surface area contributed by atoms with Gasteiger partial charge in [0.05, 0.1) is 12.0 Å². The van der Waals surface area contributed by atoms with Crippen molar-refractivity contribution in [3.63, 3.8) is 0 Å². The number of carbonyl (C=O) groups excluding carboxylic acids is 2. The van der Waals surface area contributed by atoms with E-state index in [0.717, 1.165) is 6.42 Å². The molecule has 21 heavy (non-hydrogen) atoms. The number of thioether (sulfide) groups is 1. The van der Waals surface area contributed by atoms with Gasteiger partial charge < -0.3 is 15.0 Å².